The summed E-state index contributed by atoms with van der Waals surface area (Å²) in [4.78, 5) is 13.4. The highest BCUT2D eigenvalue weighted by Gasteiger charge is 2.14. The van der Waals surface area contributed by atoms with Crippen LogP contribution in [-0.4, -0.2) is 43.0 Å². The first-order valence-electron chi connectivity index (χ1n) is 10.4. The molecule has 10 heteroatoms. The number of para-hydroxylation sites is 1. The SMILES string of the molecule is C=Nc1nc(NC)ncc1/C=C(\C)c1cccc(NSc2cc(Cl)cc(CO)c2OC)c1NC. The highest BCUT2D eigenvalue weighted by atomic mass is 35.5. The highest BCUT2D eigenvalue weighted by Crippen LogP contribution is 2.39. The maximum absolute atomic E-state index is 9.64. The number of rotatable bonds is 10. The quantitative estimate of drug-likeness (QED) is 0.208. The number of aliphatic imine (C=N–C) groups is 1. The monoisotopic (exact) mass is 498 g/mol. The zero-order chi connectivity index (χ0) is 24.7. The third kappa shape index (κ3) is 5.61. The smallest absolute Gasteiger partial charge is 0.224 e. The number of halogens is 1. The van der Waals surface area contributed by atoms with Gasteiger partial charge in [-0.05, 0) is 55.4 Å². The maximum Gasteiger partial charge on any atom is 0.224 e. The third-order valence-corrected chi connectivity index (χ3v) is 6.09. The van der Waals surface area contributed by atoms with Gasteiger partial charge in [-0.3, -0.25) is 0 Å². The summed E-state index contributed by atoms with van der Waals surface area (Å²) in [5, 5.41) is 16.4. The Labute approximate surface area is 208 Å². The molecule has 1 aromatic heterocycles. The van der Waals surface area contributed by atoms with Crippen molar-refractivity contribution in [2.75, 3.05) is 36.6 Å². The number of aliphatic hydroxyl groups excluding tert-OH is 1. The second-order valence-electron chi connectivity index (χ2n) is 7.14. The van der Waals surface area contributed by atoms with Crippen LogP contribution in [0.2, 0.25) is 5.02 Å². The highest BCUT2D eigenvalue weighted by molar-refractivity contribution is 8.00. The summed E-state index contributed by atoms with van der Waals surface area (Å²) >= 11 is 7.58. The van der Waals surface area contributed by atoms with Crippen LogP contribution in [-0.2, 0) is 6.61 Å². The molecule has 3 rings (SSSR count). The lowest BCUT2D eigenvalue weighted by Crippen LogP contribution is -2.01. The van der Waals surface area contributed by atoms with Gasteiger partial charge in [-0.15, -0.1) is 0 Å². The summed E-state index contributed by atoms with van der Waals surface area (Å²) in [5.74, 6) is 1.57. The van der Waals surface area contributed by atoms with E-state index in [-0.39, 0.29) is 6.61 Å². The summed E-state index contributed by atoms with van der Waals surface area (Å²) in [7, 11) is 5.19. The second kappa shape index (κ2) is 11.7. The molecule has 0 radical (unpaired) electrons. The molecule has 1 heterocycles. The molecule has 8 nitrogen and oxygen atoms in total. The lowest BCUT2D eigenvalue weighted by Gasteiger charge is -2.18. The molecule has 0 fully saturated rings. The topological polar surface area (TPSA) is 104 Å². The standard InChI is InChI=1S/C24H27ClN6O2S/c1-14(9-15-12-29-24(28-4)30-23(15)27-3)18-7-6-8-19(21(18)26-2)31-34-20-11-17(25)10-16(13-32)22(20)33-5/h6-12,26,31-32H,3,13H2,1-2,4-5H3,(H,28,29,30)/b14-9+. The number of hydrogen-bond donors (Lipinski definition) is 4. The third-order valence-electron chi connectivity index (χ3n) is 5.02. The number of benzene rings is 2. The maximum atomic E-state index is 9.64. The molecule has 0 saturated heterocycles. The van der Waals surface area contributed by atoms with E-state index < -0.39 is 0 Å². The number of nitrogens with one attached hydrogen (secondary N) is 3. The van der Waals surface area contributed by atoms with E-state index in [1.807, 2.05) is 38.2 Å². The van der Waals surface area contributed by atoms with Crippen molar-refractivity contribution in [3.05, 3.63) is 58.2 Å². The Hall–Kier alpha value is -3.27. The Morgan fingerprint density at radius 3 is 2.74 bits per heavy atom. The van der Waals surface area contributed by atoms with Crippen molar-refractivity contribution in [1.82, 2.24) is 9.97 Å². The first-order chi connectivity index (χ1) is 16.4. The van der Waals surface area contributed by atoms with E-state index in [4.69, 9.17) is 16.3 Å². The van der Waals surface area contributed by atoms with Gasteiger partial charge in [0.2, 0.25) is 5.95 Å². The van der Waals surface area contributed by atoms with Crippen LogP contribution in [0.15, 0.2) is 46.4 Å². The normalized spacial score (nSPS) is 11.2. The van der Waals surface area contributed by atoms with E-state index in [0.717, 1.165) is 33.0 Å². The molecule has 0 saturated carbocycles. The molecule has 0 bridgehead atoms. The summed E-state index contributed by atoms with van der Waals surface area (Å²) in [6.45, 7) is 5.47. The predicted octanol–water partition coefficient (Wildman–Crippen LogP) is 5.73. The molecule has 178 valence electrons. The Kier molecular flexibility index (Phi) is 8.75. The molecule has 4 N–H and O–H groups in total. The minimum absolute atomic E-state index is 0.168. The van der Waals surface area contributed by atoms with Crippen LogP contribution in [0.4, 0.5) is 23.1 Å². The van der Waals surface area contributed by atoms with Crippen molar-refractivity contribution < 1.29 is 9.84 Å². The average molecular weight is 499 g/mol. The van der Waals surface area contributed by atoms with Gasteiger partial charge in [-0.25, -0.2) is 9.98 Å². The predicted molar refractivity (Wildman–Crippen MR) is 144 cm³/mol. The molecule has 0 atom stereocenters. The van der Waals surface area contributed by atoms with Crippen LogP contribution in [0.1, 0.15) is 23.6 Å². The number of hydrogen-bond acceptors (Lipinski definition) is 9. The van der Waals surface area contributed by atoms with Crippen LogP contribution in [0.3, 0.4) is 0 Å². The molecular formula is C24H27ClN6O2S. The summed E-state index contributed by atoms with van der Waals surface area (Å²) in [5.41, 5.74) is 5.16. The van der Waals surface area contributed by atoms with Crippen LogP contribution < -0.4 is 20.1 Å². The van der Waals surface area contributed by atoms with Gasteiger partial charge in [0.05, 0.1) is 30.0 Å². The van der Waals surface area contributed by atoms with Gasteiger partial charge >= 0.3 is 0 Å². The molecule has 0 amide bonds. The average Bonchev–Trinajstić information content (AvgIpc) is 2.86. The first-order valence-corrected chi connectivity index (χ1v) is 11.6. The summed E-state index contributed by atoms with van der Waals surface area (Å²) < 4.78 is 8.88. The van der Waals surface area contributed by atoms with Gasteiger partial charge in [0.15, 0.2) is 5.82 Å². The fraction of sp³-hybridized carbons (Fsp3) is 0.208. The molecule has 0 aliphatic rings. The lowest BCUT2D eigenvalue weighted by molar-refractivity contribution is 0.272. The Morgan fingerprint density at radius 1 is 1.29 bits per heavy atom. The molecule has 2 aromatic carbocycles. The fourth-order valence-corrected chi connectivity index (χ4v) is 4.62. The number of nitrogens with zero attached hydrogens (tertiary/aromatic N) is 3. The van der Waals surface area contributed by atoms with Crippen molar-refractivity contribution in [2.45, 2.75) is 18.4 Å². The van der Waals surface area contributed by atoms with Crippen molar-refractivity contribution in [3.8, 4) is 5.75 Å². The lowest BCUT2D eigenvalue weighted by atomic mass is 10.0. The van der Waals surface area contributed by atoms with Crippen molar-refractivity contribution in [2.24, 2.45) is 4.99 Å². The fourth-order valence-electron chi connectivity index (χ4n) is 3.43. The first kappa shape index (κ1) is 25.4. The molecule has 34 heavy (non-hydrogen) atoms. The van der Waals surface area contributed by atoms with Crippen LogP contribution in [0.5, 0.6) is 5.75 Å². The van der Waals surface area contributed by atoms with Crippen LogP contribution in [0, 0.1) is 0 Å². The molecule has 0 spiro atoms. The minimum Gasteiger partial charge on any atom is -0.495 e. The molecular weight excluding hydrogens is 472 g/mol. The number of anilines is 3. The Bertz CT molecular complexity index is 1220. The van der Waals surface area contributed by atoms with Crippen molar-refractivity contribution in [1.29, 1.82) is 0 Å². The largest absolute Gasteiger partial charge is 0.495 e. The van der Waals surface area contributed by atoms with E-state index in [0.29, 0.717) is 28.1 Å². The van der Waals surface area contributed by atoms with Crippen molar-refractivity contribution >= 4 is 65.1 Å². The number of allylic oxidation sites excluding steroid dienone is 1. The van der Waals surface area contributed by atoms with Gasteiger partial charge in [0.1, 0.15) is 5.75 Å². The van der Waals surface area contributed by atoms with E-state index in [1.165, 1.54) is 11.9 Å². The van der Waals surface area contributed by atoms with Gasteiger partial charge in [0, 0.05) is 42.0 Å². The van der Waals surface area contributed by atoms with Crippen LogP contribution >= 0.6 is 23.5 Å². The van der Waals surface area contributed by atoms with Gasteiger partial charge < -0.3 is 25.2 Å². The zero-order valence-electron chi connectivity index (χ0n) is 19.4. The van der Waals surface area contributed by atoms with E-state index in [9.17, 15) is 5.11 Å². The number of ether oxygens (including phenoxy) is 1. The van der Waals surface area contributed by atoms with Crippen molar-refractivity contribution in [3.63, 3.8) is 0 Å². The Balaban J connectivity index is 1.94. The zero-order valence-corrected chi connectivity index (χ0v) is 21.0. The van der Waals surface area contributed by atoms with E-state index in [2.05, 4.69) is 37.0 Å². The molecule has 0 aliphatic carbocycles. The number of methoxy groups -OCH3 is 1. The summed E-state index contributed by atoms with van der Waals surface area (Å²) in [6.07, 6.45) is 3.69. The number of aliphatic hydroxyl groups is 1. The van der Waals surface area contributed by atoms with Gasteiger partial charge in [0.25, 0.3) is 0 Å². The minimum atomic E-state index is -0.168. The van der Waals surface area contributed by atoms with E-state index >= 15 is 0 Å². The second-order valence-corrected chi connectivity index (χ2v) is 8.43. The molecule has 0 aliphatic heterocycles. The van der Waals surface area contributed by atoms with E-state index in [1.54, 1.807) is 32.5 Å². The molecule has 0 unspecified atom stereocenters. The van der Waals surface area contributed by atoms with Gasteiger partial charge in [-0.1, -0.05) is 23.7 Å². The van der Waals surface area contributed by atoms with Crippen LogP contribution in [0.25, 0.3) is 11.6 Å². The summed E-state index contributed by atoms with van der Waals surface area (Å²) in [6, 6.07) is 9.46. The van der Waals surface area contributed by atoms with Gasteiger partial charge in [-0.2, -0.15) is 4.98 Å². The Morgan fingerprint density at radius 2 is 2.09 bits per heavy atom. The molecule has 3 aromatic rings. The number of aromatic nitrogens is 2.